The Hall–Kier alpha value is -1.51. The molecule has 0 aliphatic carbocycles. The summed E-state index contributed by atoms with van der Waals surface area (Å²) in [4.78, 5) is 0.908. The molecule has 0 unspecified atom stereocenters. The number of benzene rings is 1. The molecule has 4 nitrogen and oxygen atoms in total. The van der Waals surface area contributed by atoms with Crippen molar-refractivity contribution in [3.05, 3.63) is 34.6 Å². The third kappa shape index (κ3) is 2.67. The van der Waals surface area contributed by atoms with E-state index in [9.17, 15) is 0 Å². The van der Waals surface area contributed by atoms with Crippen LogP contribution in [-0.4, -0.2) is 14.8 Å². The summed E-state index contributed by atoms with van der Waals surface area (Å²) >= 11 is 7.72. The molecule has 0 saturated heterocycles. The molecule has 0 amide bonds. The van der Waals surface area contributed by atoms with Crippen LogP contribution in [0.5, 0.6) is 0 Å². The van der Waals surface area contributed by atoms with Crippen molar-refractivity contribution in [3.63, 3.8) is 0 Å². The van der Waals surface area contributed by atoms with E-state index in [-0.39, 0.29) is 0 Å². The first-order valence-electron chi connectivity index (χ1n) is 6.57. The van der Waals surface area contributed by atoms with Crippen molar-refractivity contribution in [2.75, 3.05) is 0 Å². The third-order valence-electron chi connectivity index (χ3n) is 3.34. The number of aryl methyl sites for hydroxylation is 1. The van der Waals surface area contributed by atoms with Crippen LogP contribution in [0.4, 0.5) is 0 Å². The smallest absolute Gasteiger partial charge is 0.196 e. The molecule has 0 bridgehead atoms. The fourth-order valence-corrected chi connectivity index (χ4v) is 3.46. The lowest BCUT2D eigenvalue weighted by atomic mass is 10.2. The largest absolute Gasteiger partial charge is 0.306 e. The molecule has 0 radical (unpaired) electrons. The summed E-state index contributed by atoms with van der Waals surface area (Å²) in [5.41, 5.74) is 0.569. The summed E-state index contributed by atoms with van der Waals surface area (Å²) in [6.07, 6.45) is 4.58. The van der Waals surface area contributed by atoms with Gasteiger partial charge in [-0.1, -0.05) is 18.0 Å². The second kappa shape index (κ2) is 5.86. The SMILES string of the molecule is N#Cc1ccc(Sc2nnc3n2CCCCC3)c(Cl)c1. The fourth-order valence-electron chi connectivity index (χ4n) is 2.29. The second-order valence-corrected chi connectivity index (χ2v) is 6.14. The molecule has 1 aliphatic rings. The first-order valence-corrected chi connectivity index (χ1v) is 7.77. The predicted octanol–water partition coefficient (Wildman–Crippen LogP) is 3.68. The number of halogens is 1. The fraction of sp³-hybridized carbons (Fsp3) is 0.357. The summed E-state index contributed by atoms with van der Waals surface area (Å²) < 4.78 is 2.19. The van der Waals surface area contributed by atoms with Gasteiger partial charge in [0, 0.05) is 17.9 Å². The third-order valence-corrected chi connectivity index (χ3v) is 4.82. The Kier molecular flexibility index (Phi) is 3.95. The van der Waals surface area contributed by atoms with E-state index in [0.717, 1.165) is 28.8 Å². The first-order chi connectivity index (χ1) is 9.78. The van der Waals surface area contributed by atoms with Gasteiger partial charge < -0.3 is 4.57 Å². The summed E-state index contributed by atoms with van der Waals surface area (Å²) in [7, 11) is 0. The minimum atomic E-state index is 0.569. The molecule has 0 saturated carbocycles. The lowest BCUT2D eigenvalue weighted by molar-refractivity contribution is 0.591. The first kappa shape index (κ1) is 13.5. The number of nitriles is 1. The molecule has 0 N–H and O–H groups in total. The molecule has 0 atom stereocenters. The van der Waals surface area contributed by atoms with E-state index in [4.69, 9.17) is 16.9 Å². The van der Waals surface area contributed by atoms with Crippen molar-refractivity contribution in [3.8, 4) is 6.07 Å². The maximum atomic E-state index is 8.86. The van der Waals surface area contributed by atoms with E-state index >= 15 is 0 Å². The summed E-state index contributed by atoms with van der Waals surface area (Å²) in [5.74, 6) is 1.06. The van der Waals surface area contributed by atoms with Gasteiger partial charge in [-0.15, -0.1) is 10.2 Å². The van der Waals surface area contributed by atoms with Crippen molar-refractivity contribution in [2.24, 2.45) is 0 Å². The molecular formula is C14H13ClN4S. The van der Waals surface area contributed by atoms with Crippen LogP contribution in [0.25, 0.3) is 0 Å². The van der Waals surface area contributed by atoms with E-state index in [1.807, 2.05) is 6.07 Å². The summed E-state index contributed by atoms with van der Waals surface area (Å²) in [5, 5.41) is 18.9. The summed E-state index contributed by atoms with van der Waals surface area (Å²) in [6, 6.07) is 7.41. The Balaban J connectivity index is 1.88. The van der Waals surface area contributed by atoms with Gasteiger partial charge in [-0.2, -0.15) is 5.26 Å². The van der Waals surface area contributed by atoms with Gasteiger partial charge in [0.2, 0.25) is 0 Å². The van der Waals surface area contributed by atoms with Crippen LogP contribution in [0, 0.1) is 11.3 Å². The minimum absolute atomic E-state index is 0.569. The maximum absolute atomic E-state index is 8.86. The van der Waals surface area contributed by atoms with E-state index in [0.29, 0.717) is 10.6 Å². The second-order valence-electron chi connectivity index (χ2n) is 4.72. The molecule has 1 aromatic carbocycles. The standard InChI is InChI=1S/C14H13ClN4S/c15-11-8-10(9-16)5-6-12(11)20-14-18-17-13-4-2-1-3-7-19(13)14/h5-6,8H,1-4,7H2. The number of aromatic nitrogens is 3. The molecule has 1 aromatic heterocycles. The molecule has 6 heteroatoms. The molecule has 20 heavy (non-hydrogen) atoms. The normalized spacial score (nSPS) is 14.4. The van der Waals surface area contributed by atoms with Gasteiger partial charge in [0.1, 0.15) is 5.82 Å². The Labute approximate surface area is 126 Å². The van der Waals surface area contributed by atoms with Crippen molar-refractivity contribution < 1.29 is 0 Å². The zero-order valence-corrected chi connectivity index (χ0v) is 12.4. The maximum Gasteiger partial charge on any atom is 0.196 e. The van der Waals surface area contributed by atoms with Gasteiger partial charge in [-0.3, -0.25) is 0 Å². The number of hydrogen-bond acceptors (Lipinski definition) is 4. The van der Waals surface area contributed by atoms with Crippen LogP contribution < -0.4 is 0 Å². The molecule has 2 aromatic rings. The zero-order valence-electron chi connectivity index (χ0n) is 10.8. The van der Waals surface area contributed by atoms with E-state index in [1.165, 1.54) is 31.0 Å². The number of nitrogens with zero attached hydrogens (tertiary/aromatic N) is 4. The Morgan fingerprint density at radius 2 is 2.15 bits per heavy atom. The molecular weight excluding hydrogens is 292 g/mol. The van der Waals surface area contributed by atoms with Gasteiger partial charge in [-0.25, -0.2) is 0 Å². The van der Waals surface area contributed by atoms with Crippen LogP contribution in [0.1, 0.15) is 30.7 Å². The van der Waals surface area contributed by atoms with Gasteiger partial charge in [0.05, 0.1) is 16.7 Å². The highest BCUT2D eigenvalue weighted by Gasteiger charge is 2.16. The number of rotatable bonds is 2. The summed E-state index contributed by atoms with van der Waals surface area (Å²) in [6.45, 7) is 0.971. The van der Waals surface area contributed by atoms with Gasteiger partial charge in [0.15, 0.2) is 5.16 Å². The Bertz CT molecular complexity index is 674. The van der Waals surface area contributed by atoms with Crippen LogP contribution in [-0.2, 0) is 13.0 Å². The van der Waals surface area contributed by atoms with Crippen molar-refractivity contribution in [2.45, 2.75) is 42.3 Å². The van der Waals surface area contributed by atoms with Crippen LogP contribution in [0.2, 0.25) is 5.02 Å². The lowest BCUT2D eigenvalue weighted by Gasteiger charge is -2.07. The molecule has 102 valence electrons. The minimum Gasteiger partial charge on any atom is -0.306 e. The number of hydrogen-bond donors (Lipinski definition) is 0. The molecule has 1 aliphatic heterocycles. The van der Waals surface area contributed by atoms with Gasteiger partial charge >= 0.3 is 0 Å². The zero-order chi connectivity index (χ0) is 13.9. The average molecular weight is 305 g/mol. The molecule has 0 fully saturated rings. The Morgan fingerprint density at radius 1 is 1.25 bits per heavy atom. The quantitative estimate of drug-likeness (QED) is 0.849. The van der Waals surface area contributed by atoms with Crippen LogP contribution in [0.3, 0.4) is 0 Å². The van der Waals surface area contributed by atoms with E-state index < -0.39 is 0 Å². The monoisotopic (exact) mass is 304 g/mol. The van der Waals surface area contributed by atoms with Crippen molar-refractivity contribution >= 4 is 23.4 Å². The van der Waals surface area contributed by atoms with Crippen LogP contribution in [0.15, 0.2) is 28.3 Å². The van der Waals surface area contributed by atoms with E-state index in [2.05, 4.69) is 20.8 Å². The molecule has 0 spiro atoms. The molecule has 3 rings (SSSR count). The highest BCUT2D eigenvalue weighted by atomic mass is 35.5. The topological polar surface area (TPSA) is 54.5 Å². The number of fused-ring (bicyclic) bond motifs is 1. The van der Waals surface area contributed by atoms with Crippen molar-refractivity contribution in [1.29, 1.82) is 5.26 Å². The Morgan fingerprint density at radius 3 is 2.95 bits per heavy atom. The average Bonchev–Trinajstić information content (AvgIpc) is 2.69. The highest BCUT2D eigenvalue weighted by Crippen LogP contribution is 2.33. The van der Waals surface area contributed by atoms with Gasteiger partial charge in [0.25, 0.3) is 0 Å². The lowest BCUT2D eigenvalue weighted by Crippen LogP contribution is -2.02. The van der Waals surface area contributed by atoms with E-state index in [1.54, 1.807) is 12.1 Å². The predicted molar refractivity (Wildman–Crippen MR) is 77.9 cm³/mol. The molecule has 2 heterocycles. The van der Waals surface area contributed by atoms with Crippen LogP contribution >= 0.6 is 23.4 Å². The van der Waals surface area contributed by atoms with Gasteiger partial charge in [-0.05, 0) is 42.8 Å². The van der Waals surface area contributed by atoms with Crippen molar-refractivity contribution in [1.82, 2.24) is 14.8 Å². The highest BCUT2D eigenvalue weighted by molar-refractivity contribution is 7.99.